The van der Waals surface area contributed by atoms with E-state index in [0.717, 1.165) is 39.0 Å². The van der Waals surface area contributed by atoms with Gasteiger partial charge in [0.1, 0.15) is 0 Å². The Bertz CT molecular complexity index is 569. The maximum atomic E-state index is 12.8. The van der Waals surface area contributed by atoms with Crippen molar-refractivity contribution in [3.8, 4) is 0 Å². The maximum Gasteiger partial charge on any atom is 0.253 e. The van der Waals surface area contributed by atoms with Gasteiger partial charge in [-0.05, 0) is 19.3 Å². The number of aromatic nitrogens is 2. The molecule has 0 unspecified atom stereocenters. The van der Waals surface area contributed by atoms with Crippen molar-refractivity contribution in [2.75, 3.05) is 26.3 Å². The van der Waals surface area contributed by atoms with Gasteiger partial charge in [0.2, 0.25) is 0 Å². The first-order valence-electron chi connectivity index (χ1n) is 8.50. The van der Waals surface area contributed by atoms with Gasteiger partial charge in [-0.15, -0.1) is 0 Å². The van der Waals surface area contributed by atoms with Gasteiger partial charge in [0.05, 0.1) is 24.8 Å². The van der Waals surface area contributed by atoms with Crippen LogP contribution in [0.4, 0.5) is 0 Å². The Morgan fingerprint density at radius 1 is 1.39 bits per heavy atom. The minimum Gasteiger partial charge on any atom is -0.376 e. The molecule has 3 fully saturated rings. The minimum absolute atomic E-state index is 0.00435. The normalized spacial score (nSPS) is 31.5. The predicted octanol–water partition coefficient (Wildman–Crippen LogP) is 0.563. The molecule has 7 nitrogen and oxygen atoms in total. The number of carbonyl (C=O) groups excluding carboxylic acids is 1. The second-order valence-corrected chi connectivity index (χ2v) is 6.73. The fraction of sp³-hybridized carbons (Fsp3) is 0.750. The van der Waals surface area contributed by atoms with E-state index in [1.807, 2.05) is 24.1 Å². The van der Waals surface area contributed by atoms with E-state index in [1.165, 1.54) is 5.56 Å². The molecule has 0 radical (unpaired) electrons. The lowest BCUT2D eigenvalue weighted by Gasteiger charge is -2.29. The van der Waals surface area contributed by atoms with E-state index >= 15 is 0 Å². The third-order valence-electron chi connectivity index (χ3n) is 5.11. The third kappa shape index (κ3) is 2.88. The van der Waals surface area contributed by atoms with Crippen LogP contribution < -0.4 is 0 Å². The van der Waals surface area contributed by atoms with E-state index in [1.54, 1.807) is 5.06 Å². The van der Waals surface area contributed by atoms with Crippen molar-refractivity contribution in [3.63, 3.8) is 0 Å². The van der Waals surface area contributed by atoms with E-state index < -0.39 is 0 Å². The highest BCUT2D eigenvalue weighted by molar-refractivity contribution is 5.79. The van der Waals surface area contributed by atoms with Crippen molar-refractivity contribution in [1.82, 2.24) is 19.7 Å². The molecule has 0 aliphatic carbocycles. The molecule has 3 atom stereocenters. The van der Waals surface area contributed by atoms with Gasteiger partial charge >= 0.3 is 0 Å². The SMILES string of the molecule is Cn1cc(CN2C[C@H](C(=O)N3CCCCO3)[C@H]3OCC[C@H]32)cn1. The number of amides is 1. The lowest BCUT2D eigenvalue weighted by atomic mass is 10.0. The summed E-state index contributed by atoms with van der Waals surface area (Å²) in [5.41, 5.74) is 1.18. The molecule has 4 heterocycles. The smallest absolute Gasteiger partial charge is 0.253 e. The van der Waals surface area contributed by atoms with Crippen LogP contribution in [-0.4, -0.2) is 64.1 Å². The molecule has 3 saturated heterocycles. The number of rotatable bonds is 3. The fourth-order valence-corrected chi connectivity index (χ4v) is 4.01. The van der Waals surface area contributed by atoms with Gasteiger partial charge in [-0.25, -0.2) is 5.06 Å². The molecule has 0 aromatic carbocycles. The Morgan fingerprint density at radius 2 is 2.30 bits per heavy atom. The van der Waals surface area contributed by atoms with Crippen LogP contribution in [0.5, 0.6) is 0 Å². The first-order valence-corrected chi connectivity index (χ1v) is 8.50. The van der Waals surface area contributed by atoms with Crippen molar-refractivity contribution in [1.29, 1.82) is 0 Å². The monoisotopic (exact) mass is 320 g/mol. The Morgan fingerprint density at radius 3 is 3.04 bits per heavy atom. The van der Waals surface area contributed by atoms with Crippen molar-refractivity contribution < 1.29 is 14.4 Å². The summed E-state index contributed by atoms with van der Waals surface area (Å²) in [4.78, 5) is 20.8. The number of aryl methyl sites for hydroxylation is 1. The summed E-state index contributed by atoms with van der Waals surface area (Å²) in [6.07, 6.45) is 6.98. The summed E-state index contributed by atoms with van der Waals surface area (Å²) in [5.74, 6) is -0.0208. The van der Waals surface area contributed by atoms with Crippen LogP contribution in [0.15, 0.2) is 12.4 Å². The van der Waals surface area contributed by atoms with E-state index in [-0.39, 0.29) is 17.9 Å². The minimum atomic E-state index is -0.114. The highest BCUT2D eigenvalue weighted by Gasteiger charge is 2.49. The topological polar surface area (TPSA) is 59.8 Å². The first kappa shape index (κ1) is 15.1. The zero-order valence-corrected chi connectivity index (χ0v) is 13.6. The first-order chi connectivity index (χ1) is 11.2. The summed E-state index contributed by atoms with van der Waals surface area (Å²) in [5, 5.41) is 5.81. The Hall–Kier alpha value is -1.44. The average Bonchev–Trinajstić information content (AvgIpc) is 3.26. The fourth-order valence-electron chi connectivity index (χ4n) is 4.01. The molecule has 1 aromatic rings. The highest BCUT2D eigenvalue weighted by Crippen LogP contribution is 2.35. The van der Waals surface area contributed by atoms with Gasteiger partial charge in [-0.2, -0.15) is 5.10 Å². The highest BCUT2D eigenvalue weighted by atomic mass is 16.7. The van der Waals surface area contributed by atoms with Gasteiger partial charge in [-0.3, -0.25) is 19.2 Å². The largest absolute Gasteiger partial charge is 0.376 e. The van der Waals surface area contributed by atoms with E-state index in [4.69, 9.17) is 9.57 Å². The lowest BCUT2D eigenvalue weighted by molar-refractivity contribution is -0.203. The number of carbonyl (C=O) groups is 1. The molecular weight excluding hydrogens is 296 g/mol. The molecule has 7 heteroatoms. The Labute approximate surface area is 136 Å². The van der Waals surface area contributed by atoms with Crippen LogP contribution in [0.25, 0.3) is 0 Å². The summed E-state index contributed by atoms with van der Waals surface area (Å²) in [7, 11) is 1.93. The molecule has 3 aliphatic rings. The molecular formula is C16H24N4O3. The zero-order valence-electron chi connectivity index (χ0n) is 13.6. The number of hydroxylamine groups is 2. The molecule has 1 aromatic heterocycles. The summed E-state index contributed by atoms with van der Waals surface area (Å²) < 4.78 is 7.73. The Balaban J connectivity index is 1.47. The quantitative estimate of drug-likeness (QED) is 0.815. The standard InChI is InChI=1S/C16H24N4O3/c1-18-9-12(8-17-18)10-19-11-13(15-14(19)4-7-22-15)16(21)20-5-2-3-6-23-20/h8-9,13-15H,2-7,10-11H2,1H3/t13-,14+,15+/m0/s1. The van der Waals surface area contributed by atoms with Gasteiger partial charge < -0.3 is 4.74 Å². The van der Waals surface area contributed by atoms with Crippen molar-refractivity contribution in [2.45, 2.75) is 38.0 Å². The van der Waals surface area contributed by atoms with Crippen LogP contribution in [0.2, 0.25) is 0 Å². The van der Waals surface area contributed by atoms with Gasteiger partial charge in [0.15, 0.2) is 0 Å². The zero-order chi connectivity index (χ0) is 15.8. The van der Waals surface area contributed by atoms with Crippen molar-refractivity contribution in [2.24, 2.45) is 13.0 Å². The maximum absolute atomic E-state index is 12.8. The number of fused-ring (bicyclic) bond motifs is 1. The Kier molecular flexibility index (Phi) is 4.09. The lowest BCUT2D eigenvalue weighted by Crippen LogP contribution is -2.43. The van der Waals surface area contributed by atoms with Crippen molar-refractivity contribution >= 4 is 5.91 Å². The molecule has 1 amide bonds. The average molecular weight is 320 g/mol. The van der Waals surface area contributed by atoms with E-state index in [9.17, 15) is 4.79 Å². The molecule has 23 heavy (non-hydrogen) atoms. The van der Waals surface area contributed by atoms with E-state index in [2.05, 4.69) is 10.00 Å². The van der Waals surface area contributed by atoms with Crippen LogP contribution in [0.1, 0.15) is 24.8 Å². The number of ether oxygens (including phenoxy) is 1. The van der Waals surface area contributed by atoms with E-state index in [0.29, 0.717) is 19.2 Å². The summed E-state index contributed by atoms with van der Waals surface area (Å²) in [6.45, 7) is 3.65. The number of likely N-dealkylation sites (tertiary alicyclic amines) is 1. The summed E-state index contributed by atoms with van der Waals surface area (Å²) >= 11 is 0. The van der Waals surface area contributed by atoms with Crippen LogP contribution in [0.3, 0.4) is 0 Å². The number of hydrogen-bond donors (Lipinski definition) is 0. The summed E-state index contributed by atoms with van der Waals surface area (Å²) in [6, 6.07) is 0.328. The molecule has 0 saturated carbocycles. The predicted molar refractivity (Wildman–Crippen MR) is 82.2 cm³/mol. The molecule has 0 N–H and O–H groups in total. The number of nitrogens with zero attached hydrogens (tertiary/aromatic N) is 4. The van der Waals surface area contributed by atoms with Gasteiger partial charge in [0.25, 0.3) is 5.91 Å². The third-order valence-corrected chi connectivity index (χ3v) is 5.11. The van der Waals surface area contributed by atoms with Crippen LogP contribution >= 0.6 is 0 Å². The van der Waals surface area contributed by atoms with Gasteiger partial charge in [-0.1, -0.05) is 0 Å². The van der Waals surface area contributed by atoms with Gasteiger partial charge in [0, 0.05) is 51.1 Å². The van der Waals surface area contributed by atoms with Crippen molar-refractivity contribution in [3.05, 3.63) is 18.0 Å². The second kappa shape index (κ2) is 6.22. The molecule has 3 aliphatic heterocycles. The molecule has 0 spiro atoms. The molecule has 4 rings (SSSR count). The molecule has 126 valence electrons. The van der Waals surface area contributed by atoms with Crippen LogP contribution in [0, 0.1) is 5.92 Å². The van der Waals surface area contributed by atoms with Crippen LogP contribution in [-0.2, 0) is 28.0 Å². The second-order valence-electron chi connectivity index (χ2n) is 6.73. The number of hydrogen-bond acceptors (Lipinski definition) is 5. The molecule has 0 bridgehead atoms.